The highest BCUT2D eigenvalue weighted by atomic mass is 32.2. The number of aryl methyl sites for hydroxylation is 1. The monoisotopic (exact) mass is 331 g/mol. The molecule has 0 radical (unpaired) electrons. The molecule has 2 rings (SSSR count). The van der Waals surface area contributed by atoms with Crippen molar-refractivity contribution < 1.29 is 14.3 Å². The Morgan fingerprint density at radius 1 is 1.04 bits per heavy atom. The number of methoxy groups -OCH3 is 2. The summed E-state index contributed by atoms with van der Waals surface area (Å²) in [6.07, 6.45) is 0. The topological polar surface area (TPSA) is 47.6 Å². The molecule has 2 aromatic carbocycles. The molecule has 0 heterocycles. The van der Waals surface area contributed by atoms with E-state index in [1.54, 1.807) is 44.2 Å². The molecule has 0 spiro atoms. The van der Waals surface area contributed by atoms with E-state index < -0.39 is 0 Å². The average Bonchev–Trinajstić information content (AvgIpc) is 2.59. The summed E-state index contributed by atoms with van der Waals surface area (Å²) in [6, 6.07) is 13.5. The maximum Gasteiger partial charge on any atom is 0.251 e. The molecule has 0 fully saturated rings. The summed E-state index contributed by atoms with van der Waals surface area (Å²) in [7, 11) is 3.13. The number of hydrogen-bond donors (Lipinski definition) is 1. The Morgan fingerprint density at radius 3 is 2.22 bits per heavy atom. The van der Waals surface area contributed by atoms with Gasteiger partial charge in [-0.3, -0.25) is 4.79 Å². The fourth-order valence-electron chi connectivity index (χ4n) is 2.01. The number of carbonyl (C=O) groups excluding carboxylic acids is 1. The highest BCUT2D eigenvalue weighted by molar-refractivity contribution is 7.99. The molecule has 0 aliphatic carbocycles. The summed E-state index contributed by atoms with van der Waals surface area (Å²) in [4.78, 5) is 13.4. The lowest BCUT2D eigenvalue weighted by Crippen LogP contribution is -2.25. The number of amides is 1. The zero-order valence-electron chi connectivity index (χ0n) is 13.6. The van der Waals surface area contributed by atoms with Gasteiger partial charge in [0.05, 0.1) is 14.2 Å². The molecule has 0 saturated heterocycles. The number of nitrogens with one attached hydrogen (secondary N) is 1. The second kappa shape index (κ2) is 8.48. The predicted molar refractivity (Wildman–Crippen MR) is 93.8 cm³/mol. The van der Waals surface area contributed by atoms with E-state index in [-0.39, 0.29) is 5.91 Å². The summed E-state index contributed by atoms with van der Waals surface area (Å²) >= 11 is 1.72. The van der Waals surface area contributed by atoms with Crippen LogP contribution in [0, 0.1) is 6.92 Å². The second-order valence-corrected chi connectivity index (χ2v) is 6.19. The number of thioether (sulfide) groups is 1. The van der Waals surface area contributed by atoms with E-state index in [4.69, 9.17) is 9.47 Å². The molecule has 4 nitrogen and oxygen atoms in total. The van der Waals surface area contributed by atoms with Gasteiger partial charge < -0.3 is 14.8 Å². The van der Waals surface area contributed by atoms with Crippen LogP contribution < -0.4 is 14.8 Å². The number of benzene rings is 2. The Labute approximate surface area is 141 Å². The Balaban J connectivity index is 1.86. The van der Waals surface area contributed by atoms with Gasteiger partial charge in [0.2, 0.25) is 0 Å². The highest BCUT2D eigenvalue weighted by Crippen LogP contribution is 2.22. The van der Waals surface area contributed by atoms with Crippen LogP contribution >= 0.6 is 11.8 Å². The summed E-state index contributed by atoms with van der Waals surface area (Å²) in [5.74, 6) is 1.88. The lowest BCUT2D eigenvalue weighted by Gasteiger charge is -2.09. The van der Waals surface area contributed by atoms with E-state index in [0.717, 1.165) is 5.75 Å². The fourth-order valence-corrected chi connectivity index (χ4v) is 2.78. The second-order valence-electron chi connectivity index (χ2n) is 5.02. The minimum absolute atomic E-state index is 0.133. The van der Waals surface area contributed by atoms with Crippen molar-refractivity contribution in [3.05, 3.63) is 53.6 Å². The predicted octanol–water partition coefficient (Wildman–Crippen LogP) is 3.53. The third-order valence-electron chi connectivity index (χ3n) is 3.29. The Hall–Kier alpha value is -2.14. The van der Waals surface area contributed by atoms with E-state index in [9.17, 15) is 4.79 Å². The first-order chi connectivity index (χ1) is 11.1. The summed E-state index contributed by atoms with van der Waals surface area (Å²) < 4.78 is 10.4. The van der Waals surface area contributed by atoms with Crippen LogP contribution in [0.3, 0.4) is 0 Å². The molecule has 0 aliphatic heterocycles. The molecular weight excluding hydrogens is 310 g/mol. The first kappa shape index (κ1) is 17.2. The quantitative estimate of drug-likeness (QED) is 0.623. The lowest BCUT2D eigenvalue weighted by molar-refractivity contribution is 0.0955. The van der Waals surface area contributed by atoms with Crippen molar-refractivity contribution in [3.8, 4) is 11.5 Å². The minimum atomic E-state index is -0.133. The fraction of sp³-hybridized carbons (Fsp3) is 0.278. The van der Waals surface area contributed by atoms with Gasteiger partial charge in [0.15, 0.2) is 0 Å². The summed E-state index contributed by atoms with van der Waals surface area (Å²) in [6.45, 7) is 2.66. The molecule has 0 unspecified atom stereocenters. The van der Waals surface area contributed by atoms with E-state index in [2.05, 4.69) is 36.5 Å². The molecule has 23 heavy (non-hydrogen) atoms. The van der Waals surface area contributed by atoms with E-state index in [1.807, 2.05) is 0 Å². The van der Waals surface area contributed by atoms with Crippen molar-refractivity contribution in [1.29, 1.82) is 0 Å². The smallest absolute Gasteiger partial charge is 0.251 e. The first-order valence-electron chi connectivity index (χ1n) is 7.33. The lowest BCUT2D eigenvalue weighted by atomic mass is 10.2. The van der Waals surface area contributed by atoms with Gasteiger partial charge in [-0.25, -0.2) is 0 Å². The molecule has 122 valence electrons. The van der Waals surface area contributed by atoms with Gasteiger partial charge in [-0.05, 0) is 31.2 Å². The van der Waals surface area contributed by atoms with Crippen LogP contribution in [-0.2, 0) is 0 Å². The molecule has 5 heteroatoms. The maximum atomic E-state index is 12.2. The third-order valence-corrected chi connectivity index (χ3v) is 4.30. The largest absolute Gasteiger partial charge is 0.497 e. The Kier molecular flexibility index (Phi) is 6.35. The van der Waals surface area contributed by atoms with Gasteiger partial charge >= 0.3 is 0 Å². The molecule has 2 aromatic rings. The molecule has 1 N–H and O–H groups in total. The average molecular weight is 331 g/mol. The van der Waals surface area contributed by atoms with Crippen LogP contribution in [-0.4, -0.2) is 32.4 Å². The minimum Gasteiger partial charge on any atom is -0.497 e. The summed E-state index contributed by atoms with van der Waals surface area (Å²) in [5, 5.41) is 2.91. The van der Waals surface area contributed by atoms with E-state index in [0.29, 0.717) is 23.6 Å². The van der Waals surface area contributed by atoms with Crippen LogP contribution in [0.15, 0.2) is 47.4 Å². The zero-order chi connectivity index (χ0) is 16.7. The van der Waals surface area contributed by atoms with Crippen molar-refractivity contribution in [1.82, 2.24) is 5.32 Å². The standard InChI is InChI=1S/C18H21NO3S/c1-13-4-6-17(7-5-13)23-9-8-19-18(20)14-10-15(21-2)12-16(11-14)22-3/h4-7,10-12H,8-9H2,1-3H3,(H,19,20). The van der Waals surface area contributed by atoms with Crippen molar-refractivity contribution in [2.24, 2.45) is 0 Å². The molecule has 0 saturated carbocycles. The van der Waals surface area contributed by atoms with E-state index in [1.165, 1.54) is 10.5 Å². The van der Waals surface area contributed by atoms with Crippen LogP contribution in [0.5, 0.6) is 11.5 Å². The van der Waals surface area contributed by atoms with Gasteiger partial charge in [-0.2, -0.15) is 0 Å². The number of carbonyl (C=O) groups is 1. The van der Waals surface area contributed by atoms with Gasteiger partial charge in [0.25, 0.3) is 5.91 Å². The van der Waals surface area contributed by atoms with Gasteiger partial charge in [-0.1, -0.05) is 17.7 Å². The van der Waals surface area contributed by atoms with Crippen LogP contribution in [0.4, 0.5) is 0 Å². The summed E-state index contributed by atoms with van der Waals surface area (Å²) in [5.41, 5.74) is 1.77. The molecular formula is C18H21NO3S. The van der Waals surface area contributed by atoms with Crippen LogP contribution in [0.2, 0.25) is 0 Å². The molecule has 0 atom stereocenters. The van der Waals surface area contributed by atoms with Crippen LogP contribution in [0.1, 0.15) is 15.9 Å². The van der Waals surface area contributed by atoms with Crippen molar-refractivity contribution in [2.75, 3.05) is 26.5 Å². The van der Waals surface area contributed by atoms with Crippen molar-refractivity contribution >= 4 is 17.7 Å². The SMILES string of the molecule is COc1cc(OC)cc(C(=O)NCCSc2ccc(C)cc2)c1. The van der Waals surface area contributed by atoms with Crippen LogP contribution in [0.25, 0.3) is 0 Å². The Morgan fingerprint density at radius 2 is 1.65 bits per heavy atom. The van der Waals surface area contributed by atoms with E-state index >= 15 is 0 Å². The van der Waals surface area contributed by atoms with Gasteiger partial charge in [0, 0.05) is 28.8 Å². The zero-order valence-corrected chi connectivity index (χ0v) is 14.4. The molecule has 0 aliphatic rings. The molecule has 1 amide bonds. The van der Waals surface area contributed by atoms with Gasteiger partial charge in [-0.15, -0.1) is 11.8 Å². The first-order valence-corrected chi connectivity index (χ1v) is 8.31. The van der Waals surface area contributed by atoms with Crippen molar-refractivity contribution in [2.45, 2.75) is 11.8 Å². The number of rotatable bonds is 7. The number of hydrogen-bond acceptors (Lipinski definition) is 4. The molecule has 0 bridgehead atoms. The number of ether oxygens (including phenoxy) is 2. The molecule has 0 aromatic heterocycles. The Bertz CT molecular complexity index is 634. The van der Waals surface area contributed by atoms with Crippen molar-refractivity contribution in [3.63, 3.8) is 0 Å². The van der Waals surface area contributed by atoms with Gasteiger partial charge in [0.1, 0.15) is 11.5 Å². The third kappa shape index (κ3) is 5.21. The highest BCUT2D eigenvalue weighted by Gasteiger charge is 2.09. The normalized spacial score (nSPS) is 10.2. The maximum absolute atomic E-state index is 12.2.